The summed E-state index contributed by atoms with van der Waals surface area (Å²) in [5, 5.41) is 0.656. The predicted molar refractivity (Wildman–Crippen MR) is 204 cm³/mol. The van der Waals surface area contributed by atoms with Crippen molar-refractivity contribution >= 4 is 79.2 Å². The van der Waals surface area contributed by atoms with E-state index in [0.717, 1.165) is 35.9 Å². The Morgan fingerprint density at radius 1 is 1.06 bits per heavy atom. The van der Waals surface area contributed by atoms with E-state index in [1.807, 2.05) is 84.9 Å². The molecule has 2 heterocycles. The fourth-order valence-electron chi connectivity index (χ4n) is 5.54. The lowest BCUT2D eigenvalue weighted by Gasteiger charge is -2.26. The fraction of sp³-hybridized carbons (Fsp3) is 0.184. The van der Waals surface area contributed by atoms with Crippen LogP contribution in [0.25, 0.3) is 11.8 Å². The first kappa shape index (κ1) is 34.4. The summed E-state index contributed by atoms with van der Waals surface area (Å²) in [5.41, 5.74) is 4.97. The molecule has 6 nitrogen and oxygen atoms in total. The largest absolute Gasteiger partial charge is 0.487 e. The average Bonchev–Trinajstić information content (AvgIpc) is 3.38. The van der Waals surface area contributed by atoms with Crippen molar-refractivity contribution in [3.8, 4) is 5.75 Å². The molecule has 0 amide bonds. The SMILES string of the molecule is CCOC(=O)C1=C(c2ccccc2)N=c2s/c(=C\c3cc(Br)cc(I)c3OCc3ccc(Cl)cc3)c(=O)n2[C@H]1c1ccc(C(C)C)cc1. The number of esters is 1. The quantitative estimate of drug-likeness (QED) is 0.110. The van der Waals surface area contributed by atoms with E-state index in [0.29, 0.717) is 43.9 Å². The van der Waals surface area contributed by atoms with Gasteiger partial charge in [-0.3, -0.25) is 9.36 Å². The van der Waals surface area contributed by atoms with Crippen molar-refractivity contribution in [1.29, 1.82) is 0 Å². The molecule has 6 rings (SSSR count). The van der Waals surface area contributed by atoms with Crippen LogP contribution in [0, 0.1) is 3.57 Å². The molecule has 1 atom stereocenters. The molecule has 0 bridgehead atoms. The number of thiazole rings is 1. The van der Waals surface area contributed by atoms with Crippen molar-refractivity contribution in [3.05, 3.63) is 157 Å². The second kappa shape index (κ2) is 14.9. The average molecular weight is 854 g/mol. The van der Waals surface area contributed by atoms with Gasteiger partial charge in [0.2, 0.25) is 0 Å². The number of carbonyl (C=O) groups is 1. The number of hydrogen-bond donors (Lipinski definition) is 0. The van der Waals surface area contributed by atoms with Gasteiger partial charge in [0.25, 0.3) is 5.56 Å². The van der Waals surface area contributed by atoms with Crippen LogP contribution in [-0.4, -0.2) is 17.1 Å². The number of hydrogen-bond acceptors (Lipinski definition) is 6. The summed E-state index contributed by atoms with van der Waals surface area (Å²) in [6, 6.07) is 28.3. The molecule has 48 heavy (non-hydrogen) atoms. The number of rotatable bonds is 9. The zero-order valence-corrected chi connectivity index (χ0v) is 31.7. The first-order valence-corrected chi connectivity index (χ1v) is 18.5. The molecule has 1 aliphatic rings. The lowest BCUT2D eigenvalue weighted by Crippen LogP contribution is -2.40. The Morgan fingerprint density at radius 2 is 1.77 bits per heavy atom. The van der Waals surface area contributed by atoms with Gasteiger partial charge in [-0.25, -0.2) is 9.79 Å². The summed E-state index contributed by atoms with van der Waals surface area (Å²) in [6.07, 6.45) is 1.84. The third-order valence-electron chi connectivity index (χ3n) is 7.91. The monoisotopic (exact) mass is 852 g/mol. The third kappa shape index (κ3) is 7.24. The van der Waals surface area contributed by atoms with Crippen LogP contribution in [0.5, 0.6) is 5.75 Å². The number of aromatic nitrogens is 1. The van der Waals surface area contributed by atoms with Gasteiger partial charge in [0.15, 0.2) is 4.80 Å². The van der Waals surface area contributed by atoms with Gasteiger partial charge in [0.05, 0.1) is 32.0 Å². The first-order valence-electron chi connectivity index (χ1n) is 15.4. The lowest BCUT2D eigenvalue weighted by atomic mass is 9.91. The maximum absolute atomic E-state index is 14.5. The van der Waals surface area contributed by atoms with Gasteiger partial charge in [-0.05, 0) is 82.5 Å². The summed E-state index contributed by atoms with van der Waals surface area (Å²) < 4.78 is 15.8. The van der Waals surface area contributed by atoms with E-state index in [9.17, 15) is 9.59 Å². The van der Waals surface area contributed by atoms with Crippen LogP contribution in [-0.2, 0) is 16.1 Å². The highest BCUT2D eigenvalue weighted by Crippen LogP contribution is 2.36. The van der Waals surface area contributed by atoms with Crippen molar-refractivity contribution in [2.45, 2.75) is 39.3 Å². The van der Waals surface area contributed by atoms with Gasteiger partial charge in [-0.15, -0.1) is 0 Å². The number of halogens is 3. The van der Waals surface area contributed by atoms with Gasteiger partial charge in [0, 0.05) is 20.6 Å². The Hall–Kier alpha value is -3.51. The number of ether oxygens (including phenoxy) is 2. The molecule has 0 aliphatic carbocycles. The maximum atomic E-state index is 14.5. The minimum atomic E-state index is -0.748. The van der Waals surface area contributed by atoms with E-state index in [1.165, 1.54) is 11.3 Å². The maximum Gasteiger partial charge on any atom is 0.338 e. The van der Waals surface area contributed by atoms with Crippen molar-refractivity contribution in [1.82, 2.24) is 4.57 Å². The van der Waals surface area contributed by atoms with E-state index in [1.54, 1.807) is 11.5 Å². The predicted octanol–water partition coefficient (Wildman–Crippen LogP) is 8.66. The van der Waals surface area contributed by atoms with E-state index in [4.69, 9.17) is 26.1 Å². The molecule has 5 aromatic rings. The van der Waals surface area contributed by atoms with Crippen LogP contribution in [0.4, 0.5) is 0 Å². The van der Waals surface area contributed by atoms with E-state index >= 15 is 0 Å². The molecule has 0 radical (unpaired) electrons. The molecule has 0 spiro atoms. The molecule has 0 saturated heterocycles. The van der Waals surface area contributed by atoms with Crippen molar-refractivity contribution < 1.29 is 14.3 Å². The first-order chi connectivity index (χ1) is 23.1. The van der Waals surface area contributed by atoms with Crippen LogP contribution in [0.2, 0.25) is 5.02 Å². The van der Waals surface area contributed by atoms with Crippen LogP contribution in [0.3, 0.4) is 0 Å². The Balaban J connectivity index is 1.55. The summed E-state index contributed by atoms with van der Waals surface area (Å²) >= 11 is 13.2. The second-order valence-electron chi connectivity index (χ2n) is 11.5. The van der Waals surface area contributed by atoms with E-state index < -0.39 is 12.0 Å². The van der Waals surface area contributed by atoms with Crippen molar-refractivity contribution in [2.24, 2.45) is 4.99 Å². The zero-order chi connectivity index (χ0) is 33.9. The second-order valence-corrected chi connectivity index (χ2v) is 15.0. The minimum Gasteiger partial charge on any atom is -0.487 e. The molecular formula is C38H31BrClIN2O4S. The standard InChI is InChI=1S/C38H31BrClIN2O4S/c1-4-46-37(45)32-33(25-8-6-5-7-9-25)42-38-43(34(32)26-14-12-24(13-15-26)22(2)3)36(44)31(48-38)19-27-18-28(39)20-30(41)35(27)47-21-23-10-16-29(40)17-11-23/h5-20,22,34H,4,21H2,1-3H3/b31-19-/t34-/m0/s1. The molecule has 1 aromatic heterocycles. The molecule has 0 unspecified atom stereocenters. The Morgan fingerprint density at radius 3 is 2.44 bits per heavy atom. The highest BCUT2D eigenvalue weighted by atomic mass is 127. The summed E-state index contributed by atoms with van der Waals surface area (Å²) in [6.45, 7) is 6.55. The van der Waals surface area contributed by atoms with Crippen molar-refractivity contribution in [3.63, 3.8) is 0 Å². The van der Waals surface area contributed by atoms with Crippen LogP contribution < -0.4 is 19.6 Å². The summed E-state index contributed by atoms with van der Waals surface area (Å²) in [5.74, 6) is 0.467. The van der Waals surface area contributed by atoms with Gasteiger partial charge >= 0.3 is 5.97 Å². The number of nitrogens with zero attached hydrogens (tertiary/aromatic N) is 2. The topological polar surface area (TPSA) is 69.9 Å². The van der Waals surface area contributed by atoms with E-state index in [-0.39, 0.29) is 12.2 Å². The molecule has 244 valence electrons. The van der Waals surface area contributed by atoms with Crippen LogP contribution in [0.1, 0.15) is 60.5 Å². The van der Waals surface area contributed by atoms with Gasteiger partial charge < -0.3 is 9.47 Å². The lowest BCUT2D eigenvalue weighted by molar-refractivity contribution is -0.138. The van der Waals surface area contributed by atoms with Crippen molar-refractivity contribution in [2.75, 3.05) is 6.61 Å². The Kier molecular flexibility index (Phi) is 10.7. The third-order valence-corrected chi connectivity index (χ3v) is 10.4. The smallest absolute Gasteiger partial charge is 0.338 e. The summed E-state index contributed by atoms with van der Waals surface area (Å²) in [4.78, 5) is 33.7. The van der Waals surface area contributed by atoms with Gasteiger partial charge in [-0.1, -0.05) is 119 Å². The Labute approximate surface area is 309 Å². The number of carbonyl (C=O) groups excluding carboxylic acids is 1. The molecule has 1 aliphatic heterocycles. The van der Waals surface area contributed by atoms with Gasteiger partial charge in [-0.2, -0.15) is 0 Å². The fourth-order valence-corrected chi connectivity index (χ4v) is 8.36. The highest BCUT2D eigenvalue weighted by Gasteiger charge is 2.35. The van der Waals surface area contributed by atoms with E-state index in [2.05, 4.69) is 64.5 Å². The molecule has 0 fully saturated rings. The van der Waals surface area contributed by atoms with Crippen LogP contribution >= 0.6 is 61.5 Å². The van der Waals surface area contributed by atoms with Crippen LogP contribution in [0.15, 0.2) is 111 Å². The molecule has 0 saturated carbocycles. The molecule has 10 heteroatoms. The summed E-state index contributed by atoms with van der Waals surface area (Å²) in [7, 11) is 0. The highest BCUT2D eigenvalue weighted by molar-refractivity contribution is 14.1. The normalized spacial score (nSPS) is 14.6. The number of fused-ring (bicyclic) bond motifs is 1. The molecular weight excluding hydrogens is 823 g/mol. The molecule has 4 aromatic carbocycles. The van der Waals surface area contributed by atoms with Gasteiger partial charge in [0.1, 0.15) is 12.4 Å². The zero-order valence-electron chi connectivity index (χ0n) is 26.4. The molecule has 0 N–H and O–H groups in total. The minimum absolute atomic E-state index is 0.189. The Bertz CT molecular complexity index is 2200. The number of benzene rings is 4.